The summed E-state index contributed by atoms with van der Waals surface area (Å²) in [6.07, 6.45) is 7.78. The van der Waals surface area contributed by atoms with E-state index in [4.69, 9.17) is 0 Å². The van der Waals surface area contributed by atoms with Crippen molar-refractivity contribution in [2.24, 2.45) is 5.92 Å². The summed E-state index contributed by atoms with van der Waals surface area (Å²) < 4.78 is 43.9. The van der Waals surface area contributed by atoms with E-state index in [-0.39, 0.29) is 34.5 Å². The Morgan fingerprint density at radius 2 is 1.63 bits per heavy atom. The van der Waals surface area contributed by atoms with Gasteiger partial charge in [-0.3, -0.25) is 0 Å². The summed E-state index contributed by atoms with van der Waals surface area (Å²) in [5, 5.41) is 19.5. The maximum atomic E-state index is 14.9. The molecule has 1 saturated carbocycles. The highest BCUT2D eigenvalue weighted by Crippen LogP contribution is 2.38. The number of rotatable bonds is 7. The highest BCUT2D eigenvalue weighted by Gasteiger charge is 2.23. The number of allylic oxidation sites excluding steroid dienone is 1. The van der Waals surface area contributed by atoms with Crippen LogP contribution in [0.25, 0.3) is 17.2 Å². The summed E-state index contributed by atoms with van der Waals surface area (Å²) in [6, 6.07) is 14.4. The minimum Gasteiger partial charge on any atom is -0.508 e. The van der Waals surface area contributed by atoms with Gasteiger partial charge in [0.05, 0.1) is 6.10 Å². The smallest absolute Gasteiger partial charge is 0.167 e. The molecule has 0 bridgehead atoms. The minimum atomic E-state index is -0.888. The van der Waals surface area contributed by atoms with Crippen molar-refractivity contribution < 1.29 is 23.4 Å². The summed E-state index contributed by atoms with van der Waals surface area (Å²) in [7, 11) is 0. The van der Waals surface area contributed by atoms with Crippen LogP contribution in [-0.2, 0) is 0 Å². The average molecular weight is 481 g/mol. The van der Waals surface area contributed by atoms with Gasteiger partial charge in [0, 0.05) is 17.2 Å². The van der Waals surface area contributed by atoms with Crippen molar-refractivity contribution in [1.82, 2.24) is 0 Å². The van der Waals surface area contributed by atoms with Gasteiger partial charge in [-0.1, -0.05) is 68.0 Å². The van der Waals surface area contributed by atoms with Gasteiger partial charge < -0.3 is 10.2 Å². The third-order valence-corrected chi connectivity index (χ3v) is 7.02. The highest BCUT2D eigenvalue weighted by molar-refractivity contribution is 5.67. The van der Waals surface area contributed by atoms with Gasteiger partial charge in [-0.15, -0.1) is 0 Å². The molecule has 2 N–H and O–H groups in total. The Balaban J connectivity index is 1.41. The van der Waals surface area contributed by atoms with E-state index in [0.29, 0.717) is 17.5 Å². The van der Waals surface area contributed by atoms with Crippen molar-refractivity contribution in [2.45, 2.75) is 57.5 Å². The van der Waals surface area contributed by atoms with E-state index in [9.17, 15) is 23.4 Å². The van der Waals surface area contributed by atoms with Crippen molar-refractivity contribution >= 4 is 6.08 Å². The Morgan fingerprint density at radius 3 is 2.29 bits per heavy atom. The zero-order valence-electron chi connectivity index (χ0n) is 19.9. The van der Waals surface area contributed by atoms with E-state index in [1.54, 1.807) is 48.5 Å². The Morgan fingerprint density at radius 1 is 0.914 bits per heavy atom. The summed E-state index contributed by atoms with van der Waals surface area (Å²) in [5.41, 5.74) is 2.34. The van der Waals surface area contributed by atoms with Gasteiger partial charge in [-0.25, -0.2) is 13.2 Å². The lowest BCUT2D eigenvalue weighted by Gasteiger charge is -2.27. The number of hydrogen-bond acceptors (Lipinski definition) is 2. The summed E-state index contributed by atoms with van der Waals surface area (Å²) >= 11 is 0. The largest absolute Gasteiger partial charge is 0.508 e. The Labute approximate surface area is 204 Å². The molecular weight excluding hydrogens is 449 g/mol. The number of phenols is 1. The maximum Gasteiger partial charge on any atom is 0.167 e. The molecule has 184 valence electrons. The van der Waals surface area contributed by atoms with Crippen molar-refractivity contribution in [3.8, 4) is 16.9 Å². The number of aliphatic hydroxyl groups is 1. The van der Waals surface area contributed by atoms with E-state index in [2.05, 4.69) is 0 Å². The zero-order valence-corrected chi connectivity index (χ0v) is 19.9. The lowest BCUT2D eigenvalue weighted by atomic mass is 9.78. The second-order valence-electron chi connectivity index (χ2n) is 9.43. The molecule has 3 aromatic rings. The fourth-order valence-electron chi connectivity index (χ4n) is 4.95. The fourth-order valence-corrected chi connectivity index (χ4v) is 4.95. The average Bonchev–Trinajstić information content (AvgIpc) is 2.86. The van der Waals surface area contributed by atoms with E-state index < -0.39 is 17.7 Å². The number of aromatic hydroxyl groups is 1. The molecule has 0 heterocycles. The van der Waals surface area contributed by atoms with Gasteiger partial charge in [-0.2, -0.15) is 0 Å². The van der Waals surface area contributed by atoms with Crippen LogP contribution in [0.3, 0.4) is 0 Å². The SMILES string of the molecule is CCCC(O)c1ccc(-c2ccc(/C=C/C3CCC(c4ccc(O)cc4F)CC3)c(F)c2F)cc1. The van der Waals surface area contributed by atoms with Crippen LogP contribution in [0.4, 0.5) is 13.2 Å². The Hall–Kier alpha value is -3.05. The number of halogens is 3. The molecule has 4 rings (SSSR count). The van der Waals surface area contributed by atoms with E-state index in [1.165, 1.54) is 6.07 Å². The van der Waals surface area contributed by atoms with Crippen LogP contribution in [-0.4, -0.2) is 10.2 Å². The monoisotopic (exact) mass is 480 g/mol. The summed E-state index contributed by atoms with van der Waals surface area (Å²) in [4.78, 5) is 0. The van der Waals surface area contributed by atoms with E-state index in [0.717, 1.165) is 43.7 Å². The zero-order chi connectivity index (χ0) is 24.9. The van der Waals surface area contributed by atoms with Crippen LogP contribution >= 0.6 is 0 Å². The molecule has 35 heavy (non-hydrogen) atoms. The number of phenolic OH excluding ortho intramolecular Hbond substituents is 1. The molecule has 1 atom stereocenters. The van der Waals surface area contributed by atoms with Crippen LogP contribution in [0.1, 0.15) is 74.2 Å². The molecule has 1 fully saturated rings. The first-order valence-corrected chi connectivity index (χ1v) is 12.3. The molecule has 3 aromatic carbocycles. The van der Waals surface area contributed by atoms with Gasteiger partial charge in [0.25, 0.3) is 0 Å². The van der Waals surface area contributed by atoms with Crippen molar-refractivity contribution in [1.29, 1.82) is 0 Å². The number of aliphatic hydroxyl groups excluding tert-OH is 1. The standard InChI is InChI=1S/C30H31F3O2/c1-2-3-28(35)22-12-10-21(11-13-22)26-16-14-23(29(32)30(26)33)9-6-19-4-7-20(8-5-19)25-17-15-24(34)18-27(25)31/h6,9-20,28,34-35H,2-5,7-8H2,1H3/b9-6+. The molecule has 0 amide bonds. The van der Waals surface area contributed by atoms with E-state index in [1.807, 2.05) is 13.0 Å². The quantitative estimate of drug-likeness (QED) is 0.357. The predicted octanol–water partition coefficient (Wildman–Crippen LogP) is 8.30. The first-order chi connectivity index (χ1) is 16.9. The lowest BCUT2D eigenvalue weighted by molar-refractivity contribution is 0.166. The lowest BCUT2D eigenvalue weighted by Crippen LogP contribution is -2.12. The molecule has 1 aliphatic carbocycles. The van der Waals surface area contributed by atoms with Crippen LogP contribution in [0, 0.1) is 23.4 Å². The van der Waals surface area contributed by atoms with Gasteiger partial charge in [0.1, 0.15) is 11.6 Å². The van der Waals surface area contributed by atoms with Crippen molar-refractivity contribution in [3.63, 3.8) is 0 Å². The molecule has 1 unspecified atom stereocenters. The molecule has 5 heteroatoms. The molecule has 0 aliphatic heterocycles. The van der Waals surface area contributed by atoms with Gasteiger partial charge in [0.2, 0.25) is 0 Å². The van der Waals surface area contributed by atoms with Crippen LogP contribution < -0.4 is 0 Å². The number of hydrogen-bond donors (Lipinski definition) is 2. The molecule has 0 aromatic heterocycles. The molecule has 0 saturated heterocycles. The minimum absolute atomic E-state index is 0.0778. The second-order valence-corrected chi connectivity index (χ2v) is 9.43. The van der Waals surface area contributed by atoms with Gasteiger partial charge in [-0.05, 0) is 66.7 Å². The third-order valence-electron chi connectivity index (χ3n) is 7.02. The highest BCUT2D eigenvalue weighted by atomic mass is 19.2. The van der Waals surface area contributed by atoms with Crippen LogP contribution in [0.15, 0.2) is 60.7 Å². The van der Waals surface area contributed by atoms with Crippen LogP contribution in [0.5, 0.6) is 5.75 Å². The molecule has 1 aliphatic rings. The second kappa shape index (κ2) is 11.1. The van der Waals surface area contributed by atoms with Crippen molar-refractivity contribution in [3.05, 3.63) is 94.8 Å². The Kier molecular flexibility index (Phi) is 7.97. The Bertz CT molecular complexity index is 1180. The topological polar surface area (TPSA) is 40.5 Å². The molecule has 0 radical (unpaired) electrons. The van der Waals surface area contributed by atoms with Gasteiger partial charge >= 0.3 is 0 Å². The predicted molar refractivity (Wildman–Crippen MR) is 133 cm³/mol. The van der Waals surface area contributed by atoms with Gasteiger partial charge in [0.15, 0.2) is 11.6 Å². The van der Waals surface area contributed by atoms with Crippen LogP contribution in [0.2, 0.25) is 0 Å². The first-order valence-electron chi connectivity index (χ1n) is 12.3. The number of benzene rings is 3. The summed E-state index contributed by atoms with van der Waals surface area (Å²) in [5.74, 6) is -1.91. The first kappa shape index (κ1) is 25.1. The molecule has 2 nitrogen and oxygen atoms in total. The molecule has 0 spiro atoms. The summed E-state index contributed by atoms with van der Waals surface area (Å²) in [6.45, 7) is 2.00. The maximum absolute atomic E-state index is 14.9. The third kappa shape index (κ3) is 5.79. The van der Waals surface area contributed by atoms with Crippen molar-refractivity contribution in [2.75, 3.05) is 0 Å². The fraction of sp³-hybridized carbons (Fsp3) is 0.333. The van der Waals surface area contributed by atoms with E-state index >= 15 is 0 Å². The molecular formula is C30H31F3O2. The normalized spacial score (nSPS) is 19.2.